The lowest BCUT2D eigenvalue weighted by atomic mass is 9.83. The predicted molar refractivity (Wildman–Crippen MR) is 150 cm³/mol. The van der Waals surface area contributed by atoms with E-state index in [2.05, 4.69) is 65.4 Å². The van der Waals surface area contributed by atoms with E-state index in [0.29, 0.717) is 11.8 Å². The van der Waals surface area contributed by atoms with Gasteiger partial charge in [-0.2, -0.15) is 0 Å². The Hall–Kier alpha value is -2.21. The summed E-state index contributed by atoms with van der Waals surface area (Å²) in [6.07, 6.45) is 9.49. The zero-order valence-electron chi connectivity index (χ0n) is 22.6. The van der Waals surface area contributed by atoms with Gasteiger partial charge in [-0.15, -0.1) is 0 Å². The van der Waals surface area contributed by atoms with Gasteiger partial charge in [0, 0.05) is 13.2 Å². The summed E-state index contributed by atoms with van der Waals surface area (Å²) in [5.41, 5.74) is 2.63. The molecule has 2 aromatic carbocycles. The van der Waals surface area contributed by atoms with Gasteiger partial charge in [0.25, 0.3) is 0 Å². The Morgan fingerprint density at radius 3 is 2.19 bits per heavy atom. The molecule has 2 aliphatic heterocycles. The van der Waals surface area contributed by atoms with E-state index in [1.807, 2.05) is 12.1 Å². The molecule has 0 amide bonds. The average molecular weight is 507 g/mol. The van der Waals surface area contributed by atoms with Crippen molar-refractivity contribution in [1.29, 1.82) is 0 Å². The number of hydrogen-bond acceptors (Lipinski definition) is 4. The second-order valence-electron chi connectivity index (χ2n) is 11.3. The number of carboxylic acid groups (broad SMARTS) is 1. The highest BCUT2D eigenvalue weighted by Gasteiger charge is 2.38. The van der Waals surface area contributed by atoms with Crippen molar-refractivity contribution in [3.8, 4) is 0 Å². The standard InChI is InChI=1S/C18H25NO2.C14H21NO/c20-18(21)17(15-9-5-2-6-10-15)19-12-11-16(13-19)14-7-3-1-4-8-14;1-15-9-7-14(8-10-15)12-16-11-13-5-3-2-4-6-13/h1,3-4,7-8,15-17H,2,5-6,9-13H2,(H,20,21);2-6,14H,7-12H2,1H3. The molecule has 5 nitrogen and oxygen atoms in total. The van der Waals surface area contributed by atoms with Crippen molar-refractivity contribution in [3.63, 3.8) is 0 Å². The van der Waals surface area contributed by atoms with E-state index in [1.165, 1.54) is 56.3 Å². The van der Waals surface area contributed by atoms with Crippen LogP contribution in [0, 0.1) is 11.8 Å². The van der Waals surface area contributed by atoms with Crippen LogP contribution in [-0.2, 0) is 16.1 Å². The molecule has 2 aromatic rings. The van der Waals surface area contributed by atoms with E-state index >= 15 is 0 Å². The molecule has 0 bridgehead atoms. The molecule has 0 radical (unpaired) electrons. The molecule has 1 aliphatic carbocycles. The summed E-state index contributed by atoms with van der Waals surface area (Å²) in [5, 5.41) is 9.70. The molecule has 2 unspecified atom stereocenters. The van der Waals surface area contributed by atoms with Gasteiger partial charge in [-0.3, -0.25) is 9.69 Å². The van der Waals surface area contributed by atoms with Crippen LogP contribution in [0.1, 0.15) is 68.4 Å². The summed E-state index contributed by atoms with van der Waals surface area (Å²) in [7, 11) is 2.20. The van der Waals surface area contributed by atoms with Gasteiger partial charge < -0.3 is 14.7 Å². The Kier molecular flexibility index (Phi) is 11.0. The largest absolute Gasteiger partial charge is 0.480 e. The Labute approximate surface area is 223 Å². The molecule has 0 spiro atoms. The third-order valence-corrected chi connectivity index (χ3v) is 8.54. The lowest BCUT2D eigenvalue weighted by Crippen LogP contribution is -2.45. The smallest absolute Gasteiger partial charge is 0.321 e. The minimum absolute atomic E-state index is 0.265. The van der Waals surface area contributed by atoms with Gasteiger partial charge in [-0.1, -0.05) is 79.9 Å². The summed E-state index contributed by atoms with van der Waals surface area (Å²) in [5.74, 6) is 0.998. The number of likely N-dealkylation sites (tertiary alicyclic amines) is 2. The minimum Gasteiger partial charge on any atom is -0.480 e. The molecule has 0 aromatic heterocycles. The van der Waals surface area contributed by atoms with Crippen molar-refractivity contribution < 1.29 is 14.6 Å². The number of nitrogens with zero attached hydrogens (tertiary/aromatic N) is 2. The van der Waals surface area contributed by atoms with E-state index in [0.717, 1.165) is 51.5 Å². The maximum absolute atomic E-state index is 11.8. The Morgan fingerprint density at radius 2 is 1.54 bits per heavy atom. The van der Waals surface area contributed by atoms with Crippen molar-refractivity contribution in [2.75, 3.05) is 39.8 Å². The van der Waals surface area contributed by atoms with Crippen LogP contribution in [-0.4, -0.2) is 66.8 Å². The van der Waals surface area contributed by atoms with Crippen molar-refractivity contribution in [3.05, 3.63) is 71.8 Å². The van der Waals surface area contributed by atoms with Crippen LogP contribution in [0.5, 0.6) is 0 Å². The highest BCUT2D eigenvalue weighted by Crippen LogP contribution is 2.34. The second kappa shape index (κ2) is 14.7. The van der Waals surface area contributed by atoms with Crippen molar-refractivity contribution in [2.24, 2.45) is 11.8 Å². The van der Waals surface area contributed by atoms with Gasteiger partial charge in [0.1, 0.15) is 6.04 Å². The summed E-state index contributed by atoms with van der Waals surface area (Å²) in [6.45, 7) is 5.94. The molecule has 3 aliphatic rings. The van der Waals surface area contributed by atoms with Gasteiger partial charge in [0.2, 0.25) is 0 Å². The topological polar surface area (TPSA) is 53.0 Å². The predicted octanol–water partition coefficient (Wildman–Crippen LogP) is 6.05. The minimum atomic E-state index is -0.615. The molecule has 5 heteroatoms. The number of piperidine rings is 1. The van der Waals surface area contributed by atoms with Crippen LogP contribution in [0.15, 0.2) is 60.7 Å². The van der Waals surface area contributed by atoms with Crippen molar-refractivity contribution in [1.82, 2.24) is 9.80 Å². The monoisotopic (exact) mass is 506 g/mol. The summed E-state index contributed by atoms with van der Waals surface area (Å²) >= 11 is 0. The summed E-state index contributed by atoms with van der Waals surface area (Å²) in [6, 6.07) is 20.7. The van der Waals surface area contributed by atoms with Gasteiger partial charge in [0.15, 0.2) is 0 Å². The van der Waals surface area contributed by atoms with E-state index in [9.17, 15) is 9.90 Å². The lowest BCUT2D eigenvalue weighted by Gasteiger charge is -2.33. The van der Waals surface area contributed by atoms with E-state index in [-0.39, 0.29) is 6.04 Å². The quantitative estimate of drug-likeness (QED) is 0.472. The number of aliphatic carboxylic acids is 1. The molecular weight excluding hydrogens is 460 g/mol. The van der Waals surface area contributed by atoms with E-state index in [1.54, 1.807) is 0 Å². The summed E-state index contributed by atoms with van der Waals surface area (Å²) in [4.78, 5) is 16.4. The fourth-order valence-electron chi connectivity index (χ4n) is 6.29. The highest BCUT2D eigenvalue weighted by molar-refractivity contribution is 5.74. The molecule has 2 atom stereocenters. The lowest BCUT2D eigenvalue weighted by molar-refractivity contribution is -0.145. The van der Waals surface area contributed by atoms with Crippen LogP contribution in [0.25, 0.3) is 0 Å². The number of carboxylic acids is 1. The highest BCUT2D eigenvalue weighted by atomic mass is 16.5. The van der Waals surface area contributed by atoms with Gasteiger partial charge in [-0.25, -0.2) is 0 Å². The molecule has 1 saturated carbocycles. The van der Waals surface area contributed by atoms with E-state index < -0.39 is 5.97 Å². The van der Waals surface area contributed by atoms with E-state index in [4.69, 9.17) is 4.74 Å². The summed E-state index contributed by atoms with van der Waals surface area (Å²) < 4.78 is 5.78. The molecule has 2 heterocycles. The number of hydrogen-bond donors (Lipinski definition) is 1. The third-order valence-electron chi connectivity index (χ3n) is 8.54. The first-order valence-electron chi connectivity index (χ1n) is 14.4. The van der Waals surface area contributed by atoms with Crippen LogP contribution >= 0.6 is 0 Å². The van der Waals surface area contributed by atoms with Gasteiger partial charge in [0.05, 0.1) is 6.61 Å². The molecule has 37 heavy (non-hydrogen) atoms. The Morgan fingerprint density at radius 1 is 0.892 bits per heavy atom. The molecule has 1 N–H and O–H groups in total. The number of carbonyl (C=O) groups is 1. The molecule has 2 saturated heterocycles. The van der Waals surface area contributed by atoms with Crippen LogP contribution in [0.4, 0.5) is 0 Å². The maximum atomic E-state index is 11.8. The molecule has 5 rings (SSSR count). The number of rotatable bonds is 8. The molecular formula is C32H46N2O3. The fraction of sp³-hybridized carbons (Fsp3) is 0.594. The van der Waals surface area contributed by atoms with Crippen molar-refractivity contribution >= 4 is 5.97 Å². The van der Waals surface area contributed by atoms with Crippen LogP contribution < -0.4 is 0 Å². The number of ether oxygens (including phenoxy) is 1. The fourth-order valence-corrected chi connectivity index (χ4v) is 6.29. The molecule has 3 fully saturated rings. The first kappa shape index (κ1) is 27.8. The van der Waals surface area contributed by atoms with Gasteiger partial charge in [-0.05, 0) is 87.7 Å². The maximum Gasteiger partial charge on any atom is 0.321 e. The molecule has 202 valence electrons. The van der Waals surface area contributed by atoms with Crippen molar-refractivity contribution in [2.45, 2.75) is 69.9 Å². The van der Waals surface area contributed by atoms with Crippen LogP contribution in [0.3, 0.4) is 0 Å². The average Bonchev–Trinajstić information content (AvgIpc) is 3.41. The zero-order chi connectivity index (χ0) is 25.9. The Bertz CT molecular complexity index is 908. The Balaban J connectivity index is 0.000000180. The first-order valence-corrected chi connectivity index (χ1v) is 14.4. The van der Waals surface area contributed by atoms with Gasteiger partial charge >= 0.3 is 5.97 Å². The SMILES string of the molecule is CN1CCC(COCc2ccccc2)CC1.O=C(O)C(C1CCCCC1)N1CCC(c2ccccc2)C1. The number of benzene rings is 2. The zero-order valence-corrected chi connectivity index (χ0v) is 22.6. The third kappa shape index (κ3) is 8.66. The first-order chi connectivity index (χ1) is 18.1. The van der Waals surface area contributed by atoms with Crippen LogP contribution in [0.2, 0.25) is 0 Å². The second-order valence-corrected chi connectivity index (χ2v) is 11.3. The normalized spacial score (nSPS) is 22.8.